The van der Waals surface area contributed by atoms with Gasteiger partial charge in [-0.05, 0) is 99.8 Å². The number of hydrogen-bond acceptors (Lipinski definition) is 7. The first-order valence-electron chi connectivity index (χ1n) is 17.6. The van der Waals surface area contributed by atoms with E-state index in [4.69, 9.17) is 9.47 Å². The Morgan fingerprint density at radius 3 is 1.34 bits per heavy atom. The van der Waals surface area contributed by atoms with E-state index in [1.165, 1.54) is 7.11 Å². The number of phenolic OH excluding ortho intramolecular Hbond substituents is 2. The number of rotatable bonds is 13. The largest absolute Gasteiger partial charge is 0.507 e. The molecule has 0 aliphatic rings. The van der Waals surface area contributed by atoms with E-state index in [2.05, 4.69) is 0 Å². The molecule has 0 atom stereocenters. The number of aromatic hydroxyl groups is 2. The third-order valence-electron chi connectivity index (χ3n) is 9.14. The van der Waals surface area contributed by atoms with Crippen molar-refractivity contribution in [3.8, 4) is 39.5 Å². The third-order valence-corrected chi connectivity index (χ3v) is 9.14. The Balaban J connectivity index is 1.63. The molecule has 0 saturated carbocycles. The molecule has 0 bridgehead atoms. The van der Waals surface area contributed by atoms with E-state index in [1.807, 2.05) is 107 Å². The van der Waals surface area contributed by atoms with E-state index in [0.717, 1.165) is 16.7 Å². The lowest BCUT2D eigenvalue weighted by Gasteiger charge is -2.25. The summed E-state index contributed by atoms with van der Waals surface area (Å²) in [6.45, 7) is 10.2. The van der Waals surface area contributed by atoms with Crippen molar-refractivity contribution in [3.05, 3.63) is 136 Å². The Kier molecular flexibility index (Phi) is 12.2. The van der Waals surface area contributed by atoms with Gasteiger partial charge in [0, 0.05) is 70.7 Å². The fourth-order valence-electron chi connectivity index (χ4n) is 6.47. The highest BCUT2D eigenvalue weighted by molar-refractivity contribution is 5.95. The second-order valence-corrected chi connectivity index (χ2v) is 13.1. The minimum absolute atomic E-state index is 0.0402. The van der Waals surface area contributed by atoms with Crippen LogP contribution in [0.5, 0.6) is 17.2 Å². The van der Waals surface area contributed by atoms with E-state index in [1.54, 1.807) is 34.1 Å². The summed E-state index contributed by atoms with van der Waals surface area (Å²) in [6.07, 6.45) is 0. The molecule has 2 amide bonds. The normalized spacial score (nSPS) is 10.8. The third kappa shape index (κ3) is 8.69. The lowest BCUT2D eigenvalue weighted by atomic mass is 9.90. The average molecular weight is 715 g/mol. The van der Waals surface area contributed by atoms with Crippen LogP contribution in [0.15, 0.2) is 97.1 Å². The first-order chi connectivity index (χ1) is 25.4. The molecule has 5 rings (SSSR count). The number of phenols is 2. The highest BCUT2D eigenvalue weighted by Gasteiger charge is 2.25. The van der Waals surface area contributed by atoms with Crippen LogP contribution in [0.4, 0.5) is 0 Å². The standard InChI is InChI=1S/C44H46N2O7/c1-7-45(43(50)31-15-11-9-12-16-31)25-33-19-28(3)21-35(40(33)48)37-23-30(5)24-38(42(37)53-27-39(47)52-6)36-22-29(4)20-34(41(36)49)26-46(8-2)44(51)32-17-13-10-14-18-32/h9-24,48-49H,7-8,25-27H2,1-6H3. The molecule has 5 aromatic carbocycles. The maximum Gasteiger partial charge on any atom is 0.343 e. The number of benzene rings is 5. The number of ether oxygens (including phenoxy) is 2. The van der Waals surface area contributed by atoms with Gasteiger partial charge in [-0.25, -0.2) is 4.79 Å². The molecule has 0 saturated heterocycles. The summed E-state index contributed by atoms with van der Waals surface area (Å²) in [6, 6.07) is 29.1. The monoisotopic (exact) mass is 714 g/mol. The zero-order valence-corrected chi connectivity index (χ0v) is 31.1. The second kappa shape index (κ2) is 17.0. The van der Waals surface area contributed by atoms with Crippen molar-refractivity contribution in [1.82, 2.24) is 9.80 Å². The fourth-order valence-corrected chi connectivity index (χ4v) is 6.47. The predicted octanol–water partition coefficient (Wildman–Crippen LogP) is 8.23. The Morgan fingerprint density at radius 2 is 0.962 bits per heavy atom. The molecule has 0 aliphatic carbocycles. The van der Waals surface area contributed by atoms with Gasteiger partial charge in [-0.15, -0.1) is 0 Å². The topological polar surface area (TPSA) is 117 Å². The maximum absolute atomic E-state index is 13.4. The molecule has 0 heterocycles. The number of hydrogen-bond donors (Lipinski definition) is 2. The first kappa shape index (κ1) is 38.1. The molecule has 0 aliphatic heterocycles. The van der Waals surface area contributed by atoms with Crippen molar-refractivity contribution in [1.29, 1.82) is 0 Å². The van der Waals surface area contributed by atoms with Crippen molar-refractivity contribution in [2.75, 3.05) is 26.8 Å². The van der Waals surface area contributed by atoms with Crippen molar-refractivity contribution in [2.45, 2.75) is 47.7 Å². The Bertz CT molecular complexity index is 1970. The van der Waals surface area contributed by atoms with Crippen LogP contribution in [0, 0.1) is 20.8 Å². The van der Waals surface area contributed by atoms with Gasteiger partial charge in [0.2, 0.25) is 0 Å². The van der Waals surface area contributed by atoms with Gasteiger partial charge in [0.1, 0.15) is 17.2 Å². The first-order valence-corrected chi connectivity index (χ1v) is 17.6. The fraction of sp³-hybridized carbons (Fsp3) is 0.250. The molecule has 0 aromatic heterocycles. The van der Waals surface area contributed by atoms with Crippen molar-refractivity contribution >= 4 is 17.8 Å². The molecule has 9 nitrogen and oxygen atoms in total. The molecular weight excluding hydrogens is 668 g/mol. The van der Waals surface area contributed by atoms with Gasteiger partial charge in [-0.1, -0.05) is 48.5 Å². The van der Waals surface area contributed by atoms with Crippen LogP contribution in [-0.4, -0.2) is 64.6 Å². The van der Waals surface area contributed by atoms with Crippen LogP contribution in [-0.2, 0) is 22.6 Å². The molecule has 0 spiro atoms. The SMILES string of the molecule is CCN(Cc1cc(C)cc(-c2cc(C)cc(-c3cc(C)cc(CN(CC)C(=O)c4ccccc4)c3O)c2OCC(=O)OC)c1O)C(=O)c1ccccc1. The van der Waals surface area contributed by atoms with E-state index in [0.29, 0.717) is 57.6 Å². The lowest BCUT2D eigenvalue weighted by Crippen LogP contribution is -2.30. The number of carbonyl (C=O) groups excluding carboxylic acids is 3. The summed E-state index contributed by atoms with van der Waals surface area (Å²) in [5.74, 6) is -0.758. The molecule has 9 heteroatoms. The van der Waals surface area contributed by atoms with E-state index in [9.17, 15) is 24.6 Å². The number of aryl methyl sites for hydroxylation is 3. The molecule has 0 fully saturated rings. The summed E-state index contributed by atoms with van der Waals surface area (Å²) >= 11 is 0. The summed E-state index contributed by atoms with van der Waals surface area (Å²) in [4.78, 5) is 42.6. The van der Waals surface area contributed by atoms with Gasteiger partial charge >= 0.3 is 5.97 Å². The van der Waals surface area contributed by atoms with Crippen molar-refractivity contribution < 1.29 is 34.1 Å². The summed E-state index contributed by atoms with van der Waals surface area (Å²) in [5, 5.41) is 23.8. The quantitative estimate of drug-likeness (QED) is 0.118. The van der Waals surface area contributed by atoms with Crippen LogP contribution >= 0.6 is 0 Å². The van der Waals surface area contributed by atoms with Crippen molar-refractivity contribution in [3.63, 3.8) is 0 Å². The smallest absolute Gasteiger partial charge is 0.343 e. The zero-order valence-electron chi connectivity index (χ0n) is 31.1. The van der Waals surface area contributed by atoms with Gasteiger partial charge in [-0.3, -0.25) is 9.59 Å². The van der Waals surface area contributed by atoms with Gasteiger partial charge < -0.3 is 29.5 Å². The molecule has 53 heavy (non-hydrogen) atoms. The van der Waals surface area contributed by atoms with E-state index >= 15 is 0 Å². The Hall–Kier alpha value is -6.09. The highest BCUT2D eigenvalue weighted by Crippen LogP contribution is 2.47. The van der Waals surface area contributed by atoms with Gasteiger partial charge in [-0.2, -0.15) is 0 Å². The summed E-state index contributed by atoms with van der Waals surface area (Å²) < 4.78 is 11.1. The molecule has 274 valence electrons. The number of methoxy groups -OCH3 is 1. The molecule has 2 N–H and O–H groups in total. The molecule has 0 radical (unpaired) electrons. The number of carbonyl (C=O) groups is 3. The van der Waals surface area contributed by atoms with E-state index in [-0.39, 0.29) is 42.2 Å². The number of nitrogens with zero attached hydrogens (tertiary/aromatic N) is 2. The average Bonchev–Trinajstić information content (AvgIpc) is 3.17. The van der Waals surface area contributed by atoms with Crippen LogP contribution in [0.25, 0.3) is 22.3 Å². The van der Waals surface area contributed by atoms with Gasteiger partial charge in [0.25, 0.3) is 11.8 Å². The van der Waals surface area contributed by atoms with Crippen LogP contribution in [0.1, 0.15) is 62.4 Å². The van der Waals surface area contributed by atoms with Gasteiger partial charge in [0.05, 0.1) is 7.11 Å². The maximum atomic E-state index is 13.4. The highest BCUT2D eigenvalue weighted by atomic mass is 16.6. The zero-order chi connectivity index (χ0) is 38.2. The molecule has 5 aromatic rings. The minimum Gasteiger partial charge on any atom is -0.507 e. The van der Waals surface area contributed by atoms with Gasteiger partial charge in [0.15, 0.2) is 6.61 Å². The van der Waals surface area contributed by atoms with Crippen LogP contribution < -0.4 is 4.74 Å². The Morgan fingerprint density at radius 1 is 0.585 bits per heavy atom. The number of amides is 2. The van der Waals surface area contributed by atoms with E-state index < -0.39 is 12.6 Å². The molecular formula is C44H46N2O7. The molecule has 0 unspecified atom stereocenters. The second-order valence-electron chi connectivity index (χ2n) is 13.1. The Labute approximate surface area is 311 Å². The number of esters is 1. The lowest BCUT2D eigenvalue weighted by molar-refractivity contribution is -0.142. The summed E-state index contributed by atoms with van der Waals surface area (Å²) in [5.41, 5.74) is 6.49. The summed E-state index contributed by atoms with van der Waals surface area (Å²) in [7, 11) is 1.27. The minimum atomic E-state index is -0.609. The predicted molar refractivity (Wildman–Crippen MR) is 206 cm³/mol. The van der Waals surface area contributed by atoms with Crippen LogP contribution in [0.2, 0.25) is 0 Å². The van der Waals surface area contributed by atoms with Crippen molar-refractivity contribution in [2.24, 2.45) is 0 Å². The van der Waals surface area contributed by atoms with Crippen LogP contribution in [0.3, 0.4) is 0 Å².